The number of carbonyl (C=O) groups is 1. The predicted octanol–water partition coefficient (Wildman–Crippen LogP) is 1.16. The molecule has 0 saturated carbocycles. The molecule has 5 nitrogen and oxygen atoms in total. The van der Waals surface area contributed by atoms with Crippen LogP contribution >= 0.6 is 0 Å². The molecule has 0 unspecified atom stereocenters. The molecule has 0 atom stereocenters. The van der Waals surface area contributed by atoms with Crippen LogP contribution in [0.25, 0.3) is 0 Å². The van der Waals surface area contributed by atoms with Gasteiger partial charge in [0.25, 0.3) is 5.91 Å². The van der Waals surface area contributed by atoms with Crippen LogP contribution in [-0.2, 0) is 4.84 Å². The van der Waals surface area contributed by atoms with E-state index in [1.807, 2.05) is 13.0 Å². The first-order valence-corrected chi connectivity index (χ1v) is 5.80. The number of benzene rings is 1. The van der Waals surface area contributed by atoms with Crippen molar-refractivity contribution in [2.75, 3.05) is 30.5 Å². The standard InChI is InChI=1S/C12H17N3O2/c1-2-14-12(16)9-4-5-11(10(13)8-9)15-6-3-7-17-15/h4-5,8H,2-3,6-7,13H2,1H3,(H,14,16). The molecule has 1 saturated heterocycles. The summed E-state index contributed by atoms with van der Waals surface area (Å²) < 4.78 is 0. The molecule has 5 heteroatoms. The SMILES string of the molecule is CCNC(=O)c1ccc(N2CCCO2)c(N)c1. The number of amides is 1. The van der Waals surface area contributed by atoms with Crippen LogP contribution in [0.2, 0.25) is 0 Å². The van der Waals surface area contributed by atoms with Gasteiger partial charge in [-0.2, -0.15) is 0 Å². The third-order valence-electron chi connectivity index (χ3n) is 2.65. The van der Waals surface area contributed by atoms with Crippen molar-refractivity contribution in [3.8, 4) is 0 Å². The lowest BCUT2D eigenvalue weighted by Crippen LogP contribution is -2.23. The van der Waals surface area contributed by atoms with E-state index >= 15 is 0 Å². The molecule has 1 aromatic rings. The van der Waals surface area contributed by atoms with Crippen LogP contribution in [0.15, 0.2) is 18.2 Å². The molecule has 0 radical (unpaired) electrons. The second-order valence-electron chi connectivity index (χ2n) is 3.92. The van der Waals surface area contributed by atoms with Crippen LogP contribution in [0.3, 0.4) is 0 Å². The van der Waals surface area contributed by atoms with E-state index in [0.717, 1.165) is 25.3 Å². The second-order valence-corrected chi connectivity index (χ2v) is 3.92. The number of hydrogen-bond acceptors (Lipinski definition) is 4. The molecule has 0 aromatic heterocycles. The summed E-state index contributed by atoms with van der Waals surface area (Å²) in [4.78, 5) is 17.0. The van der Waals surface area contributed by atoms with E-state index in [0.29, 0.717) is 17.8 Å². The van der Waals surface area contributed by atoms with Crippen molar-refractivity contribution >= 4 is 17.3 Å². The summed E-state index contributed by atoms with van der Waals surface area (Å²) in [6.07, 6.45) is 0.998. The van der Waals surface area contributed by atoms with Gasteiger partial charge in [0.05, 0.1) is 18.0 Å². The highest BCUT2D eigenvalue weighted by molar-refractivity contribution is 5.96. The molecule has 2 rings (SSSR count). The molecule has 1 aromatic carbocycles. The summed E-state index contributed by atoms with van der Waals surface area (Å²) in [6.45, 7) is 4.05. The number of hydroxylamine groups is 1. The molecule has 0 bridgehead atoms. The van der Waals surface area contributed by atoms with E-state index in [1.165, 1.54) is 0 Å². The van der Waals surface area contributed by atoms with Crippen molar-refractivity contribution in [2.45, 2.75) is 13.3 Å². The zero-order chi connectivity index (χ0) is 12.3. The van der Waals surface area contributed by atoms with Crippen molar-refractivity contribution in [1.29, 1.82) is 0 Å². The summed E-state index contributed by atoms with van der Waals surface area (Å²) in [5, 5.41) is 4.51. The molecule has 0 aliphatic carbocycles. The number of nitrogens with zero attached hydrogens (tertiary/aromatic N) is 1. The van der Waals surface area contributed by atoms with E-state index in [2.05, 4.69) is 5.32 Å². The molecular weight excluding hydrogens is 218 g/mol. The molecular formula is C12H17N3O2. The fraction of sp³-hybridized carbons (Fsp3) is 0.417. The average Bonchev–Trinajstić information content (AvgIpc) is 2.82. The van der Waals surface area contributed by atoms with E-state index in [4.69, 9.17) is 10.6 Å². The number of anilines is 2. The maximum absolute atomic E-state index is 11.6. The average molecular weight is 235 g/mol. The van der Waals surface area contributed by atoms with E-state index < -0.39 is 0 Å². The molecule has 92 valence electrons. The Morgan fingerprint density at radius 1 is 1.59 bits per heavy atom. The Balaban J connectivity index is 2.19. The van der Waals surface area contributed by atoms with Crippen molar-refractivity contribution in [2.24, 2.45) is 0 Å². The number of rotatable bonds is 3. The predicted molar refractivity (Wildman–Crippen MR) is 66.8 cm³/mol. The number of carbonyl (C=O) groups excluding carboxylic acids is 1. The Morgan fingerprint density at radius 2 is 2.41 bits per heavy atom. The van der Waals surface area contributed by atoms with Crippen LogP contribution in [-0.4, -0.2) is 25.6 Å². The van der Waals surface area contributed by atoms with Gasteiger partial charge < -0.3 is 11.1 Å². The molecule has 17 heavy (non-hydrogen) atoms. The number of nitrogens with two attached hydrogens (primary N) is 1. The summed E-state index contributed by atoms with van der Waals surface area (Å²) in [5.74, 6) is -0.104. The quantitative estimate of drug-likeness (QED) is 0.771. The zero-order valence-electron chi connectivity index (χ0n) is 9.90. The lowest BCUT2D eigenvalue weighted by atomic mass is 10.1. The maximum Gasteiger partial charge on any atom is 0.251 e. The Labute approximate surface area is 100 Å². The van der Waals surface area contributed by atoms with Crippen LogP contribution in [0.4, 0.5) is 11.4 Å². The van der Waals surface area contributed by atoms with Gasteiger partial charge in [0.15, 0.2) is 0 Å². The monoisotopic (exact) mass is 235 g/mol. The van der Waals surface area contributed by atoms with Gasteiger partial charge >= 0.3 is 0 Å². The largest absolute Gasteiger partial charge is 0.397 e. The lowest BCUT2D eigenvalue weighted by molar-refractivity contribution is 0.0956. The Kier molecular flexibility index (Phi) is 3.49. The van der Waals surface area contributed by atoms with Gasteiger partial charge in [-0.1, -0.05) is 0 Å². The Bertz CT molecular complexity index is 414. The van der Waals surface area contributed by atoms with E-state index in [1.54, 1.807) is 17.2 Å². The van der Waals surface area contributed by atoms with Crippen LogP contribution < -0.4 is 16.1 Å². The smallest absolute Gasteiger partial charge is 0.251 e. The summed E-state index contributed by atoms with van der Waals surface area (Å²) in [5.41, 5.74) is 7.90. The fourth-order valence-corrected chi connectivity index (χ4v) is 1.82. The fourth-order valence-electron chi connectivity index (χ4n) is 1.82. The first kappa shape index (κ1) is 11.7. The third kappa shape index (κ3) is 2.50. The van der Waals surface area contributed by atoms with Gasteiger partial charge in [0, 0.05) is 18.7 Å². The first-order valence-electron chi connectivity index (χ1n) is 5.80. The van der Waals surface area contributed by atoms with E-state index in [9.17, 15) is 4.79 Å². The van der Waals surface area contributed by atoms with Crippen molar-refractivity contribution in [1.82, 2.24) is 5.32 Å². The Morgan fingerprint density at radius 3 is 3.00 bits per heavy atom. The maximum atomic E-state index is 11.6. The minimum absolute atomic E-state index is 0.104. The summed E-state index contributed by atoms with van der Waals surface area (Å²) in [7, 11) is 0. The van der Waals surface area contributed by atoms with Crippen molar-refractivity contribution < 1.29 is 9.63 Å². The van der Waals surface area contributed by atoms with Gasteiger partial charge in [-0.25, -0.2) is 0 Å². The third-order valence-corrected chi connectivity index (χ3v) is 2.65. The first-order chi connectivity index (χ1) is 8.22. The van der Waals surface area contributed by atoms with Gasteiger partial charge in [-0.3, -0.25) is 14.7 Å². The normalized spacial score (nSPS) is 15.0. The highest BCUT2D eigenvalue weighted by atomic mass is 16.7. The van der Waals surface area contributed by atoms with Gasteiger partial charge in [0.2, 0.25) is 0 Å². The zero-order valence-corrected chi connectivity index (χ0v) is 9.90. The Hall–Kier alpha value is -1.75. The van der Waals surface area contributed by atoms with Crippen LogP contribution in [0.5, 0.6) is 0 Å². The lowest BCUT2D eigenvalue weighted by Gasteiger charge is -2.18. The van der Waals surface area contributed by atoms with Gasteiger partial charge in [0.1, 0.15) is 0 Å². The topological polar surface area (TPSA) is 67.6 Å². The number of hydrogen-bond donors (Lipinski definition) is 2. The minimum atomic E-state index is -0.104. The highest BCUT2D eigenvalue weighted by Crippen LogP contribution is 2.26. The number of nitrogen functional groups attached to an aromatic ring is 1. The molecule has 3 N–H and O–H groups in total. The molecule has 1 amide bonds. The summed E-state index contributed by atoms with van der Waals surface area (Å²) >= 11 is 0. The van der Waals surface area contributed by atoms with Crippen molar-refractivity contribution in [3.63, 3.8) is 0 Å². The van der Waals surface area contributed by atoms with Crippen molar-refractivity contribution in [3.05, 3.63) is 23.8 Å². The van der Waals surface area contributed by atoms with Gasteiger partial charge in [-0.15, -0.1) is 0 Å². The van der Waals surface area contributed by atoms with Gasteiger partial charge in [-0.05, 0) is 31.5 Å². The molecule has 1 fully saturated rings. The highest BCUT2D eigenvalue weighted by Gasteiger charge is 2.17. The second kappa shape index (κ2) is 5.05. The minimum Gasteiger partial charge on any atom is -0.397 e. The molecule has 0 spiro atoms. The molecule has 1 aliphatic rings. The van der Waals surface area contributed by atoms with Crippen LogP contribution in [0.1, 0.15) is 23.7 Å². The molecule has 1 aliphatic heterocycles. The van der Waals surface area contributed by atoms with Crippen LogP contribution in [0, 0.1) is 0 Å². The number of nitrogens with one attached hydrogen (secondary N) is 1. The summed E-state index contributed by atoms with van der Waals surface area (Å²) in [6, 6.07) is 5.27. The van der Waals surface area contributed by atoms with E-state index in [-0.39, 0.29) is 5.91 Å². The molecule has 1 heterocycles.